The average molecular weight is 272 g/mol. The van der Waals surface area contributed by atoms with Crippen LogP contribution >= 0.6 is 11.6 Å². The zero-order chi connectivity index (χ0) is 13.2. The van der Waals surface area contributed by atoms with Crippen molar-refractivity contribution in [1.29, 1.82) is 0 Å². The van der Waals surface area contributed by atoms with Crippen molar-refractivity contribution in [2.75, 3.05) is 0 Å². The Morgan fingerprint density at radius 2 is 1.89 bits per heavy atom. The van der Waals surface area contributed by atoms with Crippen molar-refractivity contribution in [2.24, 2.45) is 0 Å². The Morgan fingerprint density at radius 1 is 1.11 bits per heavy atom. The first-order valence-electron chi connectivity index (χ1n) is 6.17. The summed E-state index contributed by atoms with van der Waals surface area (Å²) in [5.41, 5.74) is 3.34. The Hall–Kier alpha value is -1.93. The van der Waals surface area contributed by atoms with E-state index in [1.54, 1.807) is 0 Å². The number of fused-ring (bicyclic) bond motifs is 1. The molecule has 2 aromatic heterocycles. The fourth-order valence-electron chi connectivity index (χ4n) is 2.15. The fraction of sp³-hybridized carbons (Fsp3) is 0.125. The largest absolute Gasteiger partial charge is 0.486 e. The predicted octanol–water partition coefficient (Wildman–Crippen LogP) is 4.48. The highest BCUT2D eigenvalue weighted by molar-refractivity contribution is 6.30. The van der Waals surface area contributed by atoms with Gasteiger partial charge in [-0.2, -0.15) is 0 Å². The second-order valence-electron chi connectivity index (χ2n) is 4.55. The lowest BCUT2D eigenvalue weighted by Gasteiger charge is -2.07. The summed E-state index contributed by atoms with van der Waals surface area (Å²) in [6.07, 6.45) is 4.10. The Morgan fingerprint density at radius 3 is 2.68 bits per heavy atom. The van der Waals surface area contributed by atoms with Gasteiger partial charge in [0.1, 0.15) is 12.4 Å². The molecule has 0 saturated carbocycles. The Bertz CT molecular complexity index is 700. The minimum absolute atomic E-state index is 0.548. The molecule has 0 spiro atoms. The molecule has 19 heavy (non-hydrogen) atoms. The Kier molecular flexibility index (Phi) is 3.18. The highest BCUT2D eigenvalue weighted by Gasteiger charge is 2.08. The van der Waals surface area contributed by atoms with E-state index in [2.05, 4.69) is 23.6 Å². The fourth-order valence-corrected chi connectivity index (χ4v) is 2.28. The lowest BCUT2D eigenvalue weighted by atomic mass is 10.2. The molecule has 3 rings (SSSR count). The van der Waals surface area contributed by atoms with E-state index in [1.807, 2.05) is 42.6 Å². The molecule has 96 valence electrons. The molecule has 0 aliphatic carbocycles. The van der Waals surface area contributed by atoms with Gasteiger partial charge >= 0.3 is 0 Å². The first kappa shape index (κ1) is 12.1. The summed E-state index contributed by atoms with van der Waals surface area (Å²) in [5, 5.41) is 0.745. The van der Waals surface area contributed by atoms with Gasteiger partial charge in [0.05, 0.1) is 5.52 Å². The molecule has 2 heterocycles. The molecule has 0 radical (unpaired) electrons. The second kappa shape index (κ2) is 4.98. The first-order valence-corrected chi connectivity index (χ1v) is 6.55. The van der Waals surface area contributed by atoms with Gasteiger partial charge in [0.15, 0.2) is 0 Å². The number of aryl methyl sites for hydroxylation is 1. The summed E-state index contributed by atoms with van der Waals surface area (Å²) in [6.45, 7) is 2.61. The van der Waals surface area contributed by atoms with Gasteiger partial charge in [-0.1, -0.05) is 29.8 Å². The smallest absolute Gasteiger partial charge is 0.148 e. The number of nitrogens with zero attached hydrogens (tertiary/aromatic N) is 1. The van der Waals surface area contributed by atoms with Gasteiger partial charge in [-0.15, -0.1) is 0 Å². The van der Waals surface area contributed by atoms with E-state index in [0.717, 1.165) is 27.4 Å². The van der Waals surface area contributed by atoms with Gasteiger partial charge in [-0.05, 0) is 36.8 Å². The van der Waals surface area contributed by atoms with Gasteiger partial charge < -0.3 is 9.14 Å². The number of rotatable bonds is 3. The number of hydrogen-bond acceptors (Lipinski definition) is 1. The lowest BCUT2D eigenvalue weighted by Crippen LogP contribution is -1.95. The number of aromatic nitrogens is 1. The molecule has 0 saturated heterocycles. The molecule has 2 nitrogen and oxygen atoms in total. The molecule has 0 fully saturated rings. The van der Waals surface area contributed by atoms with Crippen molar-refractivity contribution in [1.82, 2.24) is 4.40 Å². The van der Waals surface area contributed by atoms with Crippen LogP contribution < -0.4 is 4.74 Å². The molecule has 1 aromatic carbocycles. The zero-order valence-corrected chi connectivity index (χ0v) is 11.4. The van der Waals surface area contributed by atoms with E-state index in [1.165, 1.54) is 0 Å². The topological polar surface area (TPSA) is 13.6 Å². The highest BCUT2D eigenvalue weighted by atomic mass is 35.5. The molecule has 0 bridgehead atoms. The maximum Gasteiger partial charge on any atom is 0.148 e. The molecule has 0 N–H and O–H groups in total. The normalized spacial score (nSPS) is 10.8. The Labute approximate surface area is 117 Å². The summed E-state index contributed by atoms with van der Waals surface area (Å²) in [7, 11) is 0. The quantitative estimate of drug-likeness (QED) is 0.685. The summed E-state index contributed by atoms with van der Waals surface area (Å²) in [6, 6.07) is 13.8. The van der Waals surface area contributed by atoms with Crippen molar-refractivity contribution in [3.63, 3.8) is 0 Å². The van der Waals surface area contributed by atoms with Crippen LogP contribution in [0.15, 0.2) is 54.9 Å². The highest BCUT2D eigenvalue weighted by Crippen LogP contribution is 2.27. The van der Waals surface area contributed by atoms with E-state index in [0.29, 0.717) is 6.61 Å². The van der Waals surface area contributed by atoms with Crippen LogP contribution in [0.3, 0.4) is 0 Å². The van der Waals surface area contributed by atoms with Gasteiger partial charge in [-0.25, -0.2) is 0 Å². The van der Waals surface area contributed by atoms with Crippen LogP contribution in [0.1, 0.15) is 11.1 Å². The van der Waals surface area contributed by atoms with Crippen LogP contribution in [-0.4, -0.2) is 4.40 Å². The Balaban J connectivity index is 1.85. The minimum Gasteiger partial charge on any atom is -0.486 e. The van der Waals surface area contributed by atoms with E-state index < -0.39 is 0 Å². The van der Waals surface area contributed by atoms with Crippen molar-refractivity contribution in [3.8, 4) is 5.75 Å². The van der Waals surface area contributed by atoms with Crippen LogP contribution in [0, 0.1) is 6.92 Å². The number of hydrogen-bond donors (Lipinski definition) is 0. The monoisotopic (exact) mass is 271 g/mol. The number of pyridine rings is 1. The summed E-state index contributed by atoms with van der Waals surface area (Å²) in [4.78, 5) is 0. The number of halogens is 1. The third-order valence-corrected chi connectivity index (χ3v) is 3.36. The molecule has 3 heteroatoms. The van der Waals surface area contributed by atoms with Gasteiger partial charge in [0, 0.05) is 23.0 Å². The molecular weight excluding hydrogens is 258 g/mol. The minimum atomic E-state index is 0.548. The third kappa shape index (κ3) is 2.45. The third-order valence-electron chi connectivity index (χ3n) is 3.11. The van der Waals surface area contributed by atoms with Gasteiger partial charge in [-0.3, -0.25) is 0 Å². The molecule has 0 amide bonds. The zero-order valence-electron chi connectivity index (χ0n) is 10.6. The molecule has 3 aromatic rings. The van der Waals surface area contributed by atoms with E-state index >= 15 is 0 Å². The maximum absolute atomic E-state index is 5.95. The van der Waals surface area contributed by atoms with Gasteiger partial charge in [0.25, 0.3) is 0 Å². The van der Waals surface area contributed by atoms with Crippen LogP contribution in [0.25, 0.3) is 5.52 Å². The van der Waals surface area contributed by atoms with Crippen LogP contribution in [0.2, 0.25) is 5.02 Å². The molecule has 0 unspecified atom stereocenters. The summed E-state index contributed by atoms with van der Waals surface area (Å²) in [5.74, 6) is 0.940. The van der Waals surface area contributed by atoms with Crippen LogP contribution in [0.5, 0.6) is 5.75 Å². The predicted molar refractivity (Wildman–Crippen MR) is 77.9 cm³/mol. The molecule has 0 aliphatic heterocycles. The molecular formula is C16H14ClNO. The number of ether oxygens (including phenoxy) is 1. The number of benzene rings is 1. The lowest BCUT2D eigenvalue weighted by molar-refractivity contribution is 0.308. The van der Waals surface area contributed by atoms with Crippen molar-refractivity contribution < 1.29 is 4.74 Å². The van der Waals surface area contributed by atoms with E-state index in [9.17, 15) is 0 Å². The standard InChI is InChI=1S/C16H14ClNO/c1-12-10-18-9-3-2-4-15(18)16(12)19-11-13-5-7-14(17)8-6-13/h2-10H,11H2,1H3. The average Bonchev–Trinajstić information content (AvgIpc) is 2.74. The van der Waals surface area contributed by atoms with Crippen molar-refractivity contribution >= 4 is 17.1 Å². The van der Waals surface area contributed by atoms with Crippen LogP contribution in [-0.2, 0) is 6.61 Å². The van der Waals surface area contributed by atoms with Crippen molar-refractivity contribution in [2.45, 2.75) is 13.5 Å². The summed E-state index contributed by atoms with van der Waals surface area (Å²) >= 11 is 5.87. The summed E-state index contributed by atoms with van der Waals surface area (Å²) < 4.78 is 8.03. The maximum atomic E-state index is 5.95. The second-order valence-corrected chi connectivity index (χ2v) is 4.99. The van der Waals surface area contributed by atoms with Crippen molar-refractivity contribution in [3.05, 3.63) is 71.0 Å². The van der Waals surface area contributed by atoms with Crippen LogP contribution in [0.4, 0.5) is 0 Å². The SMILES string of the molecule is Cc1cn2ccccc2c1OCc1ccc(Cl)cc1. The van der Waals surface area contributed by atoms with E-state index in [4.69, 9.17) is 16.3 Å². The van der Waals surface area contributed by atoms with E-state index in [-0.39, 0.29) is 0 Å². The van der Waals surface area contributed by atoms with Gasteiger partial charge in [0.2, 0.25) is 0 Å². The molecule has 0 atom stereocenters. The molecule has 0 aliphatic rings. The first-order chi connectivity index (χ1) is 9.24.